The molecule has 7 heteroatoms. The molecule has 3 aromatic rings. The Kier molecular flexibility index (Phi) is 4.83. The summed E-state index contributed by atoms with van der Waals surface area (Å²) in [5.74, 6) is 1.33. The molecule has 3 aliphatic rings. The van der Waals surface area contributed by atoms with Gasteiger partial charge in [-0.25, -0.2) is 0 Å². The van der Waals surface area contributed by atoms with Crippen molar-refractivity contribution in [2.75, 3.05) is 13.7 Å². The molecule has 2 fully saturated rings. The quantitative estimate of drug-likeness (QED) is 0.630. The molecular weight excluding hydrogens is 430 g/mol. The summed E-state index contributed by atoms with van der Waals surface area (Å²) in [6.07, 6.45) is 2.51. The summed E-state index contributed by atoms with van der Waals surface area (Å²) in [5.41, 5.74) is 4.00. The van der Waals surface area contributed by atoms with E-state index in [2.05, 4.69) is 11.1 Å². The number of nitrogens with zero attached hydrogens (tertiary/aromatic N) is 2. The summed E-state index contributed by atoms with van der Waals surface area (Å²) in [7, 11) is 1.62. The zero-order chi connectivity index (χ0) is 23.6. The first-order valence-electron chi connectivity index (χ1n) is 12.0. The maximum Gasteiger partial charge on any atom is 0.246 e. The number of aromatic amines is 1. The van der Waals surface area contributed by atoms with Gasteiger partial charge in [0.2, 0.25) is 11.8 Å². The Morgan fingerprint density at radius 1 is 1.06 bits per heavy atom. The van der Waals surface area contributed by atoms with Crippen LogP contribution in [0.25, 0.3) is 10.9 Å². The molecule has 1 unspecified atom stereocenters. The summed E-state index contributed by atoms with van der Waals surface area (Å²) in [4.78, 5) is 34.3. The highest BCUT2D eigenvalue weighted by Crippen LogP contribution is 2.45. The van der Waals surface area contributed by atoms with Gasteiger partial charge in [-0.2, -0.15) is 0 Å². The van der Waals surface area contributed by atoms with Crippen molar-refractivity contribution in [2.45, 2.75) is 57.3 Å². The molecule has 2 aromatic carbocycles. The number of aromatic nitrogens is 1. The molecular formula is C27H29N3O4. The lowest BCUT2D eigenvalue weighted by molar-refractivity contribution is -0.159. The van der Waals surface area contributed by atoms with Crippen molar-refractivity contribution in [1.82, 2.24) is 14.8 Å². The number of ether oxygens (including phenoxy) is 2. The van der Waals surface area contributed by atoms with Gasteiger partial charge in [0.15, 0.2) is 11.5 Å². The molecule has 176 valence electrons. The fourth-order valence-corrected chi connectivity index (χ4v) is 5.53. The number of carbonyl (C=O) groups is 2. The van der Waals surface area contributed by atoms with Crippen LogP contribution >= 0.6 is 0 Å². The van der Waals surface area contributed by atoms with E-state index in [4.69, 9.17) is 9.47 Å². The maximum atomic E-state index is 13.6. The van der Waals surface area contributed by atoms with Gasteiger partial charge >= 0.3 is 0 Å². The Balaban J connectivity index is 1.51. The van der Waals surface area contributed by atoms with Crippen LogP contribution in [-0.2, 0) is 16.0 Å². The summed E-state index contributed by atoms with van der Waals surface area (Å²) in [5, 5.41) is 1.11. The van der Waals surface area contributed by atoms with E-state index in [-0.39, 0.29) is 30.5 Å². The van der Waals surface area contributed by atoms with Gasteiger partial charge in [-0.05, 0) is 56.0 Å². The molecule has 34 heavy (non-hydrogen) atoms. The average molecular weight is 460 g/mol. The molecule has 0 bridgehead atoms. The average Bonchev–Trinajstić information content (AvgIpc) is 3.60. The number of amides is 2. The summed E-state index contributed by atoms with van der Waals surface area (Å²) >= 11 is 0. The predicted octanol–water partition coefficient (Wildman–Crippen LogP) is 3.81. The monoisotopic (exact) mass is 459 g/mol. The number of methoxy groups -OCH3 is 1. The molecule has 7 nitrogen and oxygen atoms in total. The molecule has 0 radical (unpaired) electrons. The van der Waals surface area contributed by atoms with Gasteiger partial charge in [0.1, 0.15) is 12.6 Å². The molecule has 1 N–H and O–H groups in total. The molecule has 2 amide bonds. The van der Waals surface area contributed by atoms with Gasteiger partial charge in [-0.1, -0.05) is 24.3 Å². The number of nitrogens with one attached hydrogen (secondary N) is 1. The molecule has 0 spiro atoms. The van der Waals surface area contributed by atoms with Crippen LogP contribution in [0.15, 0.2) is 42.5 Å². The third-order valence-corrected chi connectivity index (χ3v) is 7.15. The van der Waals surface area contributed by atoms with Crippen LogP contribution < -0.4 is 9.47 Å². The van der Waals surface area contributed by atoms with Gasteiger partial charge in [0, 0.05) is 29.1 Å². The first-order chi connectivity index (χ1) is 16.5. The van der Waals surface area contributed by atoms with Crippen LogP contribution in [0.5, 0.6) is 11.5 Å². The molecule has 2 aliphatic heterocycles. The van der Waals surface area contributed by atoms with Gasteiger partial charge in [0.25, 0.3) is 0 Å². The van der Waals surface area contributed by atoms with Crippen molar-refractivity contribution >= 4 is 22.7 Å². The highest BCUT2D eigenvalue weighted by atomic mass is 16.5. The molecule has 3 heterocycles. The lowest BCUT2D eigenvalue weighted by atomic mass is 9.86. The Bertz CT molecular complexity index is 1290. The van der Waals surface area contributed by atoms with Crippen molar-refractivity contribution in [3.63, 3.8) is 0 Å². The minimum Gasteiger partial charge on any atom is -0.493 e. The molecule has 1 aliphatic carbocycles. The van der Waals surface area contributed by atoms with E-state index in [1.54, 1.807) is 16.9 Å². The Hall–Kier alpha value is -3.48. The molecule has 6 rings (SSSR count). The second-order valence-corrected chi connectivity index (χ2v) is 9.76. The van der Waals surface area contributed by atoms with E-state index in [0.29, 0.717) is 17.9 Å². The minimum atomic E-state index is -0.504. The largest absolute Gasteiger partial charge is 0.493 e. The lowest BCUT2D eigenvalue weighted by Crippen LogP contribution is -2.63. The Labute approximate surface area is 198 Å². The number of carbonyl (C=O) groups excluding carboxylic acids is 2. The SMILES string of the molecule is COc1cc(C2c3[nH]c4ccccc4c3C[C@H]3C(=O)N(C4CC4)CC(=O)N23)ccc1OC(C)C. The van der Waals surface area contributed by atoms with Crippen LogP contribution in [0, 0.1) is 0 Å². The van der Waals surface area contributed by atoms with Crippen LogP contribution in [-0.4, -0.2) is 58.4 Å². The molecule has 1 aromatic heterocycles. The Morgan fingerprint density at radius 2 is 1.85 bits per heavy atom. The molecule has 1 saturated heterocycles. The second-order valence-electron chi connectivity index (χ2n) is 9.76. The first kappa shape index (κ1) is 21.1. The van der Waals surface area contributed by atoms with Gasteiger partial charge in [-0.3, -0.25) is 9.59 Å². The van der Waals surface area contributed by atoms with E-state index in [9.17, 15) is 9.59 Å². The topological polar surface area (TPSA) is 74.9 Å². The number of piperazine rings is 1. The van der Waals surface area contributed by atoms with Crippen molar-refractivity contribution in [3.05, 3.63) is 59.3 Å². The highest BCUT2D eigenvalue weighted by molar-refractivity contribution is 5.98. The normalized spacial score (nSPS) is 22.2. The summed E-state index contributed by atoms with van der Waals surface area (Å²) < 4.78 is 11.6. The molecule has 2 atom stereocenters. The highest BCUT2D eigenvalue weighted by Gasteiger charge is 2.50. The summed E-state index contributed by atoms with van der Waals surface area (Å²) in [6, 6.07) is 13.3. The maximum absolute atomic E-state index is 13.6. The van der Waals surface area contributed by atoms with Crippen LogP contribution in [0.2, 0.25) is 0 Å². The smallest absolute Gasteiger partial charge is 0.246 e. The first-order valence-corrected chi connectivity index (χ1v) is 12.0. The zero-order valence-corrected chi connectivity index (χ0v) is 19.7. The number of para-hydroxylation sites is 1. The molecule has 1 saturated carbocycles. The summed E-state index contributed by atoms with van der Waals surface area (Å²) in [6.45, 7) is 4.09. The van der Waals surface area contributed by atoms with Crippen molar-refractivity contribution in [3.8, 4) is 11.5 Å². The van der Waals surface area contributed by atoms with E-state index >= 15 is 0 Å². The number of fused-ring (bicyclic) bond motifs is 4. The number of H-pyrrole nitrogens is 1. The van der Waals surface area contributed by atoms with Crippen LogP contribution in [0.3, 0.4) is 0 Å². The van der Waals surface area contributed by atoms with E-state index in [1.807, 2.05) is 50.2 Å². The van der Waals surface area contributed by atoms with E-state index < -0.39 is 12.1 Å². The number of rotatable bonds is 5. The van der Waals surface area contributed by atoms with Crippen molar-refractivity contribution in [2.24, 2.45) is 0 Å². The van der Waals surface area contributed by atoms with E-state index in [0.717, 1.165) is 40.6 Å². The van der Waals surface area contributed by atoms with Crippen molar-refractivity contribution < 1.29 is 19.1 Å². The van der Waals surface area contributed by atoms with Gasteiger partial charge in [0.05, 0.1) is 19.3 Å². The van der Waals surface area contributed by atoms with Gasteiger partial charge < -0.3 is 24.3 Å². The number of hydrogen-bond donors (Lipinski definition) is 1. The van der Waals surface area contributed by atoms with Crippen molar-refractivity contribution in [1.29, 1.82) is 0 Å². The second kappa shape index (κ2) is 7.79. The van der Waals surface area contributed by atoms with Crippen LogP contribution in [0.4, 0.5) is 0 Å². The predicted molar refractivity (Wildman–Crippen MR) is 128 cm³/mol. The number of hydrogen-bond acceptors (Lipinski definition) is 4. The Morgan fingerprint density at radius 3 is 2.59 bits per heavy atom. The number of benzene rings is 2. The van der Waals surface area contributed by atoms with Gasteiger partial charge in [-0.15, -0.1) is 0 Å². The fraction of sp³-hybridized carbons (Fsp3) is 0.407. The lowest BCUT2D eigenvalue weighted by Gasteiger charge is -2.47. The fourth-order valence-electron chi connectivity index (χ4n) is 5.53. The third-order valence-electron chi connectivity index (χ3n) is 7.15. The van der Waals surface area contributed by atoms with Crippen LogP contribution in [0.1, 0.15) is 49.6 Å². The zero-order valence-electron chi connectivity index (χ0n) is 19.7. The minimum absolute atomic E-state index is 0.00715. The third kappa shape index (κ3) is 3.25. The van der Waals surface area contributed by atoms with E-state index in [1.165, 1.54) is 0 Å². The standard InChI is InChI=1S/C27H29N3O4/c1-15(2)34-22-11-8-16(12-23(22)33-3)26-25-19(18-6-4-5-7-20(18)28-25)13-21-27(32)29(17-9-10-17)14-24(31)30(21)26/h4-8,11-12,15,17,21,26,28H,9-10,13-14H2,1-3H3/t21-,26?/m0/s1.